The summed E-state index contributed by atoms with van der Waals surface area (Å²) in [6.07, 6.45) is 10.7. The number of hydrogen-bond acceptors (Lipinski definition) is 5. The van der Waals surface area contributed by atoms with E-state index in [9.17, 15) is 14.3 Å². The van der Waals surface area contributed by atoms with E-state index in [4.69, 9.17) is 16.3 Å². The van der Waals surface area contributed by atoms with E-state index in [0.29, 0.717) is 31.5 Å². The van der Waals surface area contributed by atoms with Crippen LogP contribution in [-0.4, -0.2) is 52.7 Å². The van der Waals surface area contributed by atoms with Gasteiger partial charge in [0.25, 0.3) is 5.91 Å². The van der Waals surface area contributed by atoms with E-state index in [1.54, 1.807) is 0 Å². The van der Waals surface area contributed by atoms with Crippen molar-refractivity contribution in [2.75, 3.05) is 13.2 Å². The van der Waals surface area contributed by atoms with Gasteiger partial charge in [-0.05, 0) is 49.5 Å². The molecular formula is C31H41ClFN3O3. The van der Waals surface area contributed by atoms with Crippen LogP contribution in [0.4, 0.5) is 4.39 Å². The van der Waals surface area contributed by atoms with Crippen LogP contribution in [0.15, 0.2) is 42.5 Å². The van der Waals surface area contributed by atoms with Crippen LogP contribution in [-0.2, 0) is 6.42 Å². The Morgan fingerprint density at radius 2 is 1.87 bits per heavy atom. The van der Waals surface area contributed by atoms with Crippen LogP contribution in [0, 0.1) is 23.7 Å². The monoisotopic (exact) mass is 557 g/mol. The Bertz CT molecular complexity index is 1090. The van der Waals surface area contributed by atoms with Gasteiger partial charge in [0, 0.05) is 41.6 Å². The molecule has 3 fully saturated rings. The third kappa shape index (κ3) is 8.63. The van der Waals surface area contributed by atoms with Gasteiger partial charge in [0.2, 0.25) is 11.8 Å². The molecule has 0 spiro atoms. The SMILES string of the molecule is O=C(N[C@@H](Cc1ccccc1)[C@H](O)CN[C@@H]1CCCC[C@H]1CCC1CC1)c1cc(F)nc(OC[C@H]2C[C@@H]2Cl)c1. The molecule has 1 aromatic carbocycles. The highest BCUT2D eigenvalue weighted by Crippen LogP contribution is 2.38. The number of halogens is 2. The molecular weight excluding hydrogens is 517 g/mol. The minimum atomic E-state index is -0.807. The van der Waals surface area contributed by atoms with E-state index in [1.165, 1.54) is 51.0 Å². The molecule has 1 heterocycles. The Labute approximate surface area is 236 Å². The molecule has 3 aliphatic rings. The van der Waals surface area contributed by atoms with Crippen LogP contribution < -0.4 is 15.4 Å². The second kappa shape index (κ2) is 13.4. The summed E-state index contributed by atoms with van der Waals surface area (Å²) in [5.41, 5.74) is 1.12. The molecule has 0 unspecified atom stereocenters. The molecule has 1 amide bonds. The molecule has 0 aliphatic heterocycles. The first-order valence-electron chi connectivity index (χ1n) is 14.7. The van der Waals surface area contributed by atoms with Gasteiger partial charge in [0.05, 0.1) is 18.8 Å². The van der Waals surface area contributed by atoms with E-state index in [0.717, 1.165) is 30.4 Å². The predicted molar refractivity (Wildman–Crippen MR) is 151 cm³/mol. The van der Waals surface area contributed by atoms with Crippen molar-refractivity contribution < 1.29 is 19.0 Å². The Kier molecular flexibility index (Phi) is 9.75. The topological polar surface area (TPSA) is 83.5 Å². The van der Waals surface area contributed by atoms with Crippen molar-refractivity contribution in [3.05, 3.63) is 59.5 Å². The molecule has 0 radical (unpaired) electrons. The third-order valence-corrected chi connectivity index (χ3v) is 9.07. The minimum absolute atomic E-state index is 0.0623. The summed E-state index contributed by atoms with van der Waals surface area (Å²) < 4.78 is 19.9. The van der Waals surface area contributed by atoms with Gasteiger partial charge in [-0.2, -0.15) is 9.37 Å². The first kappa shape index (κ1) is 28.3. The summed E-state index contributed by atoms with van der Waals surface area (Å²) in [5.74, 6) is 0.613. The number of benzene rings is 1. The summed E-state index contributed by atoms with van der Waals surface area (Å²) in [4.78, 5) is 17.0. The van der Waals surface area contributed by atoms with Gasteiger partial charge in [0.15, 0.2) is 0 Å². The number of aromatic nitrogens is 1. The zero-order valence-corrected chi connectivity index (χ0v) is 23.3. The lowest BCUT2D eigenvalue weighted by Gasteiger charge is -2.34. The normalized spacial score (nSPS) is 26.0. The maximum atomic E-state index is 14.3. The number of nitrogens with zero attached hydrogens (tertiary/aromatic N) is 1. The summed E-state index contributed by atoms with van der Waals surface area (Å²) in [6, 6.07) is 12.2. The van der Waals surface area contributed by atoms with Crippen LogP contribution in [0.2, 0.25) is 0 Å². The highest BCUT2D eigenvalue weighted by Gasteiger charge is 2.36. The number of amides is 1. The average Bonchev–Trinajstić information content (AvgIpc) is 3.88. The van der Waals surface area contributed by atoms with Gasteiger partial charge in [-0.3, -0.25) is 4.79 Å². The lowest BCUT2D eigenvalue weighted by molar-refractivity contribution is 0.0808. The van der Waals surface area contributed by atoms with Crippen LogP contribution >= 0.6 is 11.6 Å². The second-order valence-electron chi connectivity index (χ2n) is 11.8. The second-order valence-corrected chi connectivity index (χ2v) is 12.3. The van der Waals surface area contributed by atoms with Crippen molar-refractivity contribution in [3.8, 4) is 5.88 Å². The fourth-order valence-electron chi connectivity index (χ4n) is 5.75. The molecule has 8 heteroatoms. The summed E-state index contributed by atoms with van der Waals surface area (Å²) in [5, 5.41) is 18.0. The zero-order chi connectivity index (χ0) is 27.2. The van der Waals surface area contributed by atoms with Crippen LogP contribution in [0.1, 0.15) is 73.7 Å². The van der Waals surface area contributed by atoms with E-state index < -0.39 is 24.0 Å². The first-order valence-corrected chi connectivity index (χ1v) is 15.1. The fourth-order valence-corrected chi connectivity index (χ4v) is 6.05. The van der Waals surface area contributed by atoms with E-state index >= 15 is 0 Å². The van der Waals surface area contributed by atoms with Crippen LogP contribution in [0.5, 0.6) is 5.88 Å². The molecule has 1 aromatic heterocycles. The van der Waals surface area contributed by atoms with Crippen molar-refractivity contribution in [1.82, 2.24) is 15.6 Å². The number of aliphatic hydroxyl groups excluding tert-OH is 1. The first-order chi connectivity index (χ1) is 18.9. The summed E-state index contributed by atoms with van der Waals surface area (Å²) >= 11 is 6.03. The molecule has 0 bridgehead atoms. The molecule has 0 saturated heterocycles. The van der Waals surface area contributed by atoms with Crippen molar-refractivity contribution >= 4 is 17.5 Å². The largest absolute Gasteiger partial charge is 0.477 e. The molecule has 3 N–H and O–H groups in total. The molecule has 3 aliphatic carbocycles. The van der Waals surface area contributed by atoms with E-state index in [2.05, 4.69) is 15.6 Å². The summed E-state index contributed by atoms with van der Waals surface area (Å²) in [6.45, 7) is 0.734. The molecule has 3 saturated carbocycles. The lowest BCUT2D eigenvalue weighted by atomic mass is 9.81. The van der Waals surface area contributed by atoms with Gasteiger partial charge in [0.1, 0.15) is 0 Å². The number of carbonyl (C=O) groups excluding carboxylic acids is 1. The van der Waals surface area contributed by atoms with Crippen LogP contribution in [0.3, 0.4) is 0 Å². The number of nitrogens with one attached hydrogen (secondary N) is 2. The van der Waals surface area contributed by atoms with Gasteiger partial charge in [-0.1, -0.05) is 62.4 Å². The highest BCUT2D eigenvalue weighted by molar-refractivity contribution is 6.22. The smallest absolute Gasteiger partial charge is 0.251 e. The Balaban J connectivity index is 1.22. The van der Waals surface area contributed by atoms with Gasteiger partial charge >= 0.3 is 0 Å². The quantitative estimate of drug-likeness (QED) is 0.218. The van der Waals surface area contributed by atoms with Crippen molar-refractivity contribution in [1.29, 1.82) is 0 Å². The van der Waals surface area contributed by atoms with Crippen molar-refractivity contribution in [2.45, 2.75) is 87.8 Å². The number of hydrogen-bond donors (Lipinski definition) is 3. The number of rotatable bonds is 14. The standard InChI is InChI=1S/C31H41ClFN3O3/c32-25-15-24(25)19-39-30-17-23(16-29(33)36-30)31(38)35-27(14-21-6-2-1-3-7-21)28(37)18-34-26-9-5-4-8-22(26)13-12-20-10-11-20/h1-3,6-7,16-17,20,22,24-28,34,37H,4-5,8-15,18-19H2,(H,35,38)/t22-,24+,25-,26+,27-,28+/m0/s1. The number of carbonyl (C=O) groups is 1. The van der Waals surface area contributed by atoms with Gasteiger partial charge < -0.3 is 20.5 Å². The maximum absolute atomic E-state index is 14.3. The maximum Gasteiger partial charge on any atom is 0.251 e. The highest BCUT2D eigenvalue weighted by atomic mass is 35.5. The lowest BCUT2D eigenvalue weighted by Crippen LogP contribution is -2.51. The number of aliphatic hydroxyl groups is 1. The van der Waals surface area contributed by atoms with E-state index in [1.807, 2.05) is 30.3 Å². The van der Waals surface area contributed by atoms with E-state index in [-0.39, 0.29) is 22.7 Å². The molecule has 6 nitrogen and oxygen atoms in total. The molecule has 2 aromatic rings. The molecule has 6 atom stereocenters. The molecule has 5 rings (SSSR count). The number of pyridine rings is 1. The van der Waals surface area contributed by atoms with Crippen LogP contribution in [0.25, 0.3) is 0 Å². The average molecular weight is 558 g/mol. The predicted octanol–water partition coefficient (Wildman–Crippen LogP) is 5.27. The van der Waals surface area contributed by atoms with Gasteiger partial charge in [-0.15, -0.1) is 11.6 Å². The minimum Gasteiger partial charge on any atom is -0.477 e. The number of alkyl halides is 1. The summed E-state index contributed by atoms with van der Waals surface area (Å²) in [7, 11) is 0. The Morgan fingerprint density at radius 1 is 1.10 bits per heavy atom. The van der Waals surface area contributed by atoms with Gasteiger partial charge in [-0.25, -0.2) is 0 Å². The third-order valence-electron chi connectivity index (χ3n) is 8.53. The Morgan fingerprint density at radius 3 is 2.62 bits per heavy atom. The number of ether oxygens (including phenoxy) is 1. The van der Waals surface area contributed by atoms with Crippen molar-refractivity contribution in [3.63, 3.8) is 0 Å². The Hall–Kier alpha value is -2.22. The zero-order valence-electron chi connectivity index (χ0n) is 22.5. The molecule has 39 heavy (non-hydrogen) atoms. The molecule has 212 valence electrons. The fraction of sp³-hybridized carbons (Fsp3) is 0.613. The van der Waals surface area contributed by atoms with Crippen molar-refractivity contribution in [2.24, 2.45) is 17.8 Å².